The van der Waals surface area contributed by atoms with Crippen molar-refractivity contribution in [2.45, 2.75) is 32.7 Å². The molecule has 28 heavy (non-hydrogen) atoms. The Morgan fingerprint density at radius 2 is 1.82 bits per heavy atom. The largest absolute Gasteiger partial charge is 0.282 e. The molecule has 2 aromatic rings. The first-order valence-electron chi connectivity index (χ1n) is 8.39. The van der Waals surface area contributed by atoms with E-state index in [0.717, 1.165) is 5.06 Å². The zero-order valence-corrected chi connectivity index (χ0v) is 18.0. The first-order valence-corrected chi connectivity index (χ1v) is 9.52. The predicted octanol–water partition coefficient (Wildman–Crippen LogP) is 5.59. The third-order valence-corrected chi connectivity index (χ3v) is 5.41. The molecule has 1 heterocycles. The molecule has 2 rings (SSSR count). The first-order chi connectivity index (χ1) is 13.1. The number of aryl methyl sites for hydroxylation is 1. The zero-order valence-electron chi connectivity index (χ0n) is 15.7. The molecule has 1 amide bonds. The lowest BCUT2D eigenvalue weighted by Crippen LogP contribution is -2.42. The van der Waals surface area contributed by atoms with Crippen molar-refractivity contribution < 1.29 is 18.4 Å². The van der Waals surface area contributed by atoms with Crippen molar-refractivity contribution in [2.75, 3.05) is 7.11 Å². The summed E-state index contributed by atoms with van der Waals surface area (Å²) in [7, 11) is 2.78. The number of carbonyl (C=O) groups excluding carboxylic acids is 1. The van der Waals surface area contributed by atoms with Gasteiger partial charge < -0.3 is 0 Å². The van der Waals surface area contributed by atoms with Crippen molar-refractivity contribution in [1.82, 2.24) is 14.8 Å². The second-order valence-corrected chi connectivity index (χ2v) is 7.74. The molecule has 154 valence electrons. The molecule has 0 fully saturated rings. The molecule has 1 aromatic carbocycles. The van der Waals surface area contributed by atoms with Gasteiger partial charge in [0.1, 0.15) is 5.69 Å². The molecule has 2 atom stereocenters. The number of amides is 1. The Hall–Kier alpha value is -1.41. The Labute approximate surface area is 177 Å². The van der Waals surface area contributed by atoms with E-state index in [-0.39, 0.29) is 11.5 Å². The number of hydrogen-bond donors (Lipinski definition) is 0. The van der Waals surface area contributed by atoms with E-state index in [4.69, 9.17) is 39.6 Å². The fourth-order valence-electron chi connectivity index (χ4n) is 2.88. The van der Waals surface area contributed by atoms with Gasteiger partial charge >= 0.3 is 0 Å². The van der Waals surface area contributed by atoms with Crippen molar-refractivity contribution in [1.29, 1.82) is 0 Å². The van der Waals surface area contributed by atoms with Crippen LogP contribution in [0.2, 0.25) is 15.1 Å². The fourth-order valence-corrected chi connectivity index (χ4v) is 3.85. The predicted molar refractivity (Wildman–Crippen MR) is 105 cm³/mol. The number of rotatable bonds is 7. The van der Waals surface area contributed by atoms with Gasteiger partial charge in [0.05, 0.1) is 18.7 Å². The van der Waals surface area contributed by atoms with E-state index in [1.54, 1.807) is 19.1 Å². The molecule has 0 saturated heterocycles. The second-order valence-electron chi connectivity index (χ2n) is 6.49. The van der Waals surface area contributed by atoms with Crippen LogP contribution in [0.4, 0.5) is 8.78 Å². The van der Waals surface area contributed by atoms with Crippen LogP contribution < -0.4 is 0 Å². The summed E-state index contributed by atoms with van der Waals surface area (Å²) in [5.74, 6) is -0.856. The van der Waals surface area contributed by atoms with Gasteiger partial charge in [0.25, 0.3) is 12.3 Å². The van der Waals surface area contributed by atoms with Gasteiger partial charge in [-0.15, -0.1) is 0 Å². The second kappa shape index (κ2) is 9.39. The third-order valence-electron chi connectivity index (χ3n) is 4.52. The topological polar surface area (TPSA) is 47.4 Å². The number of nitrogens with zero attached hydrogens (tertiary/aromatic N) is 3. The highest BCUT2D eigenvalue weighted by atomic mass is 35.5. The summed E-state index contributed by atoms with van der Waals surface area (Å²) < 4.78 is 27.6. The van der Waals surface area contributed by atoms with Crippen LogP contribution in [-0.4, -0.2) is 33.9 Å². The normalized spacial score (nSPS) is 13.6. The number of hydrogen-bond acceptors (Lipinski definition) is 3. The lowest BCUT2D eigenvalue weighted by Gasteiger charge is -2.31. The minimum atomic E-state index is -2.88. The van der Waals surface area contributed by atoms with Gasteiger partial charge in [0, 0.05) is 28.3 Å². The standard InChI is InChI=1S/C18H20Cl3F2N3O2/c1-9(5-12-14(20)6-11(19)7-15(12)21)10(2)26(28-4)18(27)13-8-25(3)24-16(13)17(22)23/h6-10,17H,5H2,1-4H3. The van der Waals surface area contributed by atoms with Crippen LogP contribution in [-0.2, 0) is 18.3 Å². The molecular weight excluding hydrogens is 435 g/mol. The van der Waals surface area contributed by atoms with Crippen LogP contribution in [0, 0.1) is 5.92 Å². The molecular formula is C18H20Cl3F2N3O2. The first kappa shape index (κ1) is 22.9. The van der Waals surface area contributed by atoms with Crippen molar-refractivity contribution in [2.24, 2.45) is 13.0 Å². The van der Waals surface area contributed by atoms with E-state index in [0.29, 0.717) is 27.1 Å². The number of carbonyl (C=O) groups is 1. The Balaban J connectivity index is 2.25. The maximum absolute atomic E-state index is 13.2. The van der Waals surface area contributed by atoms with Gasteiger partial charge in [-0.1, -0.05) is 41.7 Å². The molecule has 0 aliphatic heterocycles. The van der Waals surface area contributed by atoms with Crippen molar-refractivity contribution in [3.63, 3.8) is 0 Å². The third kappa shape index (κ3) is 4.95. The van der Waals surface area contributed by atoms with E-state index in [9.17, 15) is 13.6 Å². The molecule has 1 aromatic heterocycles. The van der Waals surface area contributed by atoms with Crippen LogP contribution >= 0.6 is 34.8 Å². The lowest BCUT2D eigenvalue weighted by atomic mass is 9.94. The van der Waals surface area contributed by atoms with Gasteiger partial charge in [0.15, 0.2) is 0 Å². The molecule has 2 unspecified atom stereocenters. The summed E-state index contributed by atoms with van der Waals surface area (Å²) >= 11 is 18.4. The van der Waals surface area contributed by atoms with E-state index >= 15 is 0 Å². The Morgan fingerprint density at radius 1 is 1.25 bits per heavy atom. The number of hydroxylamine groups is 2. The highest BCUT2D eigenvalue weighted by molar-refractivity contribution is 6.39. The summed E-state index contributed by atoms with van der Waals surface area (Å²) in [5.41, 5.74) is -0.107. The average Bonchev–Trinajstić information content (AvgIpc) is 3.00. The van der Waals surface area contributed by atoms with Crippen LogP contribution in [0.15, 0.2) is 18.3 Å². The number of benzene rings is 1. The van der Waals surface area contributed by atoms with Gasteiger partial charge in [-0.3, -0.25) is 14.3 Å². The quantitative estimate of drug-likeness (QED) is 0.512. The smallest absolute Gasteiger partial charge is 0.275 e. The summed E-state index contributed by atoms with van der Waals surface area (Å²) in [5, 5.41) is 5.98. The van der Waals surface area contributed by atoms with Crippen LogP contribution in [0.25, 0.3) is 0 Å². The monoisotopic (exact) mass is 453 g/mol. The average molecular weight is 455 g/mol. The van der Waals surface area contributed by atoms with Crippen LogP contribution in [0.5, 0.6) is 0 Å². The molecule has 10 heteroatoms. The summed E-state index contributed by atoms with van der Waals surface area (Å²) in [6, 6.07) is 2.71. The van der Waals surface area contributed by atoms with Crippen molar-refractivity contribution in [3.05, 3.63) is 50.2 Å². The number of halogens is 5. The number of alkyl halides is 2. The number of aromatic nitrogens is 2. The van der Waals surface area contributed by atoms with Crippen LogP contribution in [0.3, 0.4) is 0 Å². The molecule has 0 saturated carbocycles. The van der Waals surface area contributed by atoms with Crippen LogP contribution in [0.1, 0.15) is 41.9 Å². The molecule has 0 spiro atoms. The van der Waals surface area contributed by atoms with Gasteiger partial charge in [-0.05, 0) is 37.0 Å². The van der Waals surface area contributed by atoms with Gasteiger partial charge in [0.2, 0.25) is 0 Å². The van der Waals surface area contributed by atoms with Crippen molar-refractivity contribution in [3.8, 4) is 0 Å². The maximum Gasteiger partial charge on any atom is 0.282 e. The minimum Gasteiger partial charge on any atom is -0.275 e. The molecule has 5 nitrogen and oxygen atoms in total. The molecule has 0 bridgehead atoms. The van der Waals surface area contributed by atoms with Gasteiger partial charge in [-0.25, -0.2) is 13.8 Å². The Morgan fingerprint density at radius 3 is 2.32 bits per heavy atom. The van der Waals surface area contributed by atoms with E-state index in [1.807, 2.05) is 6.92 Å². The molecule has 0 N–H and O–H groups in total. The highest BCUT2D eigenvalue weighted by Crippen LogP contribution is 2.32. The summed E-state index contributed by atoms with van der Waals surface area (Å²) in [6.07, 6.45) is -1.20. The Kier molecular flexibility index (Phi) is 7.67. The van der Waals surface area contributed by atoms with E-state index in [2.05, 4.69) is 5.10 Å². The SMILES string of the molecule is CON(C(=O)c1cn(C)nc1C(F)F)C(C)C(C)Cc1c(Cl)cc(Cl)cc1Cl. The van der Waals surface area contributed by atoms with E-state index < -0.39 is 24.1 Å². The lowest BCUT2D eigenvalue weighted by molar-refractivity contribution is -0.129. The highest BCUT2D eigenvalue weighted by Gasteiger charge is 2.32. The maximum atomic E-state index is 13.2. The fraction of sp³-hybridized carbons (Fsp3) is 0.444. The summed E-state index contributed by atoms with van der Waals surface area (Å²) in [4.78, 5) is 18.1. The Bertz CT molecular complexity index is 838. The van der Waals surface area contributed by atoms with E-state index in [1.165, 1.54) is 25.0 Å². The molecule has 0 aliphatic rings. The molecule has 0 aliphatic carbocycles. The summed E-state index contributed by atoms with van der Waals surface area (Å²) in [6.45, 7) is 3.63. The van der Waals surface area contributed by atoms with Crippen molar-refractivity contribution >= 4 is 40.7 Å². The molecule has 0 radical (unpaired) electrons. The minimum absolute atomic E-state index is 0.160. The zero-order chi connectivity index (χ0) is 21.2. The van der Waals surface area contributed by atoms with Gasteiger partial charge in [-0.2, -0.15) is 5.10 Å².